The highest BCUT2D eigenvalue weighted by atomic mass is 32.2. The van der Waals surface area contributed by atoms with E-state index >= 15 is 0 Å². The topological polar surface area (TPSA) is 70.7 Å². The number of rotatable bonds is 9. The Kier molecular flexibility index (Phi) is 7.82. The number of hydrogen-bond acceptors (Lipinski definition) is 5. The van der Waals surface area contributed by atoms with Crippen LogP contribution in [0.4, 0.5) is 5.13 Å². The number of thioether (sulfide) groups is 1. The van der Waals surface area contributed by atoms with Crippen molar-refractivity contribution >= 4 is 34.1 Å². The lowest BCUT2D eigenvalue weighted by molar-refractivity contribution is -0.113. The molecule has 0 aliphatic carbocycles. The maximum atomic E-state index is 12.7. The minimum Gasteiger partial charge on any atom is -0.332 e. The fourth-order valence-electron chi connectivity index (χ4n) is 4.07. The summed E-state index contributed by atoms with van der Waals surface area (Å²) in [5, 5.41) is 6.21. The molecule has 0 aliphatic rings. The average Bonchev–Trinajstić information content (AvgIpc) is 3.56. The van der Waals surface area contributed by atoms with E-state index in [4.69, 9.17) is 4.98 Å². The first-order valence-corrected chi connectivity index (χ1v) is 14.1. The summed E-state index contributed by atoms with van der Waals surface area (Å²) >= 11 is 2.81. The van der Waals surface area contributed by atoms with Crippen LogP contribution >= 0.6 is 23.1 Å². The van der Waals surface area contributed by atoms with E-state index in [0.717, 1.165) is 40.2 Å². The van der Waals surface area contributed by atoms with Crippen molar-refractivity contribution in [3.63, 3.8) is 0 Å². The SMILES string of the molecule is CC(C)Cc1ccc(-c2csc(NC(=O)CSc3nc(-c4ccccc4)c(-c4ccccc4)[nH]3)n2)cc1. The summed E-state index contributed by atoms with van der Waals surface area (Å²) < 4.78 is 0. The quantitative estimate of drug-likeness (QED) is 0.193. The van der Waals surface area contributed by atoms with Gasteiger partial charge in [-0.15, -0.1) is 11.3 Å². The second-order valence-corrected chi connectivity index (χ2v) is 11.0. The summed E-state index contributed by atoms with van der Waals surface area (Å²) in [6.45, 7) is 4.44. The maximum Gasteiger partial charge on any atom is 0.236 e. The van der Waals surface area contributed by atoms with Crippen molar-refractivity contribution in [2.75, 3.05) is 11.1 Å². The van der Waals surface area contributed by atoms with Crippen LogP contribution in [0.15, 0.2) is 95.5 Å². The molecule has 2 heterocycles. The number of amides is 1. The van der Waals surface area contributed by atoms with Crippen LogP contribution in [-0.4, -0.2) is 26.6 Å². The smallest absolute Gasteiger partial charge is 0.236 e. The number of anilines is 1. The minimum atomic E-state index is -0.114. The standard InChI is InChI=1S/C30H28N4OS2/c1-20(2)17-21-13-15-22(16-14-21)25-18-36-29(31-25)32-26(35)19-37-30-33-27(23-9-5-3-6-10-23)28(34-30)24-11-7-4-8-12-24/h3-16,18,20H,17,19H2,1-2H3,(H,33,34)(H,31,32,35). The molecule has 0 aliphatic heterocycles. The van der Waals surface area contributed by atoms with E-state index in [9.17, 15) is 4.79 Å². The number of aromatic amines is 1. The lowest BCUT2D eigenvalue weighted by Gasteiger charge is -2.05. The van der Waals surface area contributed by atoms with Crippen LogP contribution in [0.2, 0.25) is 0 Å². The lowest BCUT2D eigenvalue weighted by Crippen LogP contribution is -2.13. The predicted molar refractivity (Wildman–Crippen MR) is 155 cm³/mol. The zero-order valence-electron chi connectivity index (χ0n) is 20.8. The van der Waals surface area contributed by atoms with Crippen LogP contribution < -0.4 is 5.32 Å². The highest BCUT2D eigenvalue weighted by Crippen LogP contribution is 2.33. The molecule has 1 amide bonds. The highest BCUT2D eigenvalue weighted by Gasteiger charge is 2.16. The molecular formula is C30H28N4OS2. The Hall–Kier alpha value is -3.68. The van der Waals surface area contributed by atoms with Gasteiger partial charge in [-0.3, -0.25) is 4.79 Å². The van der Waals surface area contributed by atoms with Gasteiger partial charge in [0.15, 0.2) is 10.3 Å². The molecule has 0 bridgehead atoms. The number of benzene rings is 3. The van der Waals surface area contributed by atoms with Crippen LogP contribution in [0.1, 0.15) is 19.4 Å². The van der Waals surface area contributed by atoms with E-state index in [-0.39, 0.29) is 11.7 Å². The summed E-state index contributed by atoms with van der Waals surface area (Å²) in [4.78, 5) is 25.6. The van der Waals surface area contributed by atoms with Gasteiger partial charge in [-0.1, -0.05) is 111 Å². The summed E-state index contributed by atoms with van der Waals surface area (Å²) in [6, 6.07) is 28.7. The predicted octanol–water partition coefficient (Wildman–Crippen LogP) is 7.80. The number of imidazole rings is 1. The van der Waals surface area contributed by atoms with Crippen LogP contribution in [0.25, 0.3) is 33.8 Å². The molecule has 0 radical (unpaired) electrons. The highest BCUT2D eigenvalue weighted by molar-refractivity contribution is 7.99. The molecule has 0 saturated heterocycles. The van der Waals surface area contributed by atoms with Crippen LogP contribution in [0, 0.1) is 5.92 Å². The number of carbonyl (C=O) groups is 1. The van der Waals surface area contributed by atoms with Crippen molar-refractivity contribution in [2.45, 2.75) is 25.4 Å². The molecule has 0 unspecified atom stereocenters. The molecule has 5 rings (SSSR count). The Labute approximate surface area is 225 Å². The van der Waals surface area contributed by atoms with Gasteiger partial charge in [0.25, 0.3) is 0 Å². The molecule has 5 aromatic rings. The monoisotopic (exact) mass is 524 g/mol. The zero-order chi connectivity index (χ0) is 25.6. The maximum absolute atomic E-state index is 12.7. The van der Waals surface area contributed by atoms with Gasteiger partial charge >= 0.3 is 0 Å². The molecule has 0 spiro atoms. The Morgan fingerprint density at radius 2 is 1.57 bits per heavy atom. The van der Waals surface area contributed by atoms with Gasteiger partial charge in [0, 0.05) is 22.1 Å². The minimum absolute atomic E-state index is 0.114. The van der Waals surface area contributed by atoms with E-state index in [1.165, 1.54) is 28.7 Å². The first-order chi connectivity index (χ1) is 18.0. The summed E-state index contributed by atoms with van der Waals surface area (Å²) in [5.74, 6) is 0.743. The number of hydrogen-bond donors (Lipinski definition) is 2. The normalized spacial score (nSPS) is 11.1. The number of thiazole rings is 1. The molecule has 2 aromatic heterocycles. The Balaban J connectivity index is 1.24. The van der Waals surface area contributed by atoms with Crippen LogP contribution in [-0.2, 0) is 11.2 Å². The van der Waals surface area contributed by atoms with E-state index in [1.807, 2.05) is 53.9 Å². The molecule has 5 nitrogen and oxygen atoms in total. The number of carbonyl (C=O) groups excluding carboxylic acids is 1. The molecule has 2 N–H and O–H groups in total. The molecule has 0 atom stereocenters. The van der Waals surface area contributed by atoms with Crippen molar-refractivity contribution in [1.29, 1.82) is 0 Å². The lowest BCUT2D eigenvalue weighted by atomic mass is 10.0. The average molecular weight is 525 g/mol. The number of H-pyrrole nitrogens is 1. The van der Waals surface area contributed by atoms with Gasteiger partial charge < -0.3 is 10.3 Å². The van der Waals surface area contributed by atoms with Gasteiger partial charge in [0.05, 0.1) is 22.8 Å². The van der Waals surface area contributed by atoms with Crippen molar-refractivity contribution in [1.82, 2.24) is 15.0 Å². The van der Waals surface area contributed by atoms with Crippen LogP contribution in [0.5, 0.6) is 0 Å². The van der Waals surface area contributed by atoms with Crippen molar-refractivity contribution in [2.24, 2.45) is 5.92 Å². The molecular weight excluding hydrogens is 496 g/mol. The second-order valence-electron chi connectivity index (χ2n) is 9.17. The van der Waals surface area contributed by atoms with E-state index in [2.05, 4.69) is 65.5 Å². The summed E-state index contributed by atoms with van der Waals surface area (Å²) in [6.07, 6.45) is 1.06. The number of nitrogens with one attached hydrogen (secondary N) is 2. The van der Waals surface area contributed by atoms with E-state index < -0.39 is 0 Å². The molecule has 7 heteroatoms. The number of aromatic nitrogens is 3. The van der Waals surface area contributed by atoms with Gasteiger partial charge in [-0.05, 0) is 17.9 Å². The third-order valence-corrected chi connectivity index (χ3v) is 7.41. The molecule has 0 fully saturated rings. The van der Waals surface area contributed by atoms with E-state index in [0.29, 0.717) is 16.2 Å². The number of nitrogens with zero attached hydrogens (tertiary/aromatic N) is 2. The van der Waals surface area contributed by atoms with Gasteiger partial charge in [0.1, 0.15) is 0 Å². The van der Waals surface area contributed by atoms with Crippen molar-refractivity contribution in [3.05, 3.63) is 95.9 Å². The van der Waals surface area contributed by atoms with Gasteiger partial charge in [0.2, 0.25) is 5.91 Å². The fourth-order valence-corrected chi connectivity index (χ4v) is 5.48. The Morgan fingerprint density at radius 3 is 2.24 bits per heavy atom. The first kappa shape index (κ1) is 25.0. The molecule has 37 heavy (non-hydrogen) atoms. The van der Waals surface area contributed by atoms with E-state index in [1.54, 1.807) is 0 Å². The Bertz CT molecular complexity index is 1400. The Morgan fingerprint density at radius 1 is 0.892 bits per heavy atom. The van der Waals surface area contributed by atoms with Gasteiger partial charge in [-0.25, -0.2) is 9.97 Å². The zero-order valence-corrected chi connectivity index (χ0v) is 22.4. The van der Waals surface area contributed by atoms with Gasteiger partial charge in [-0.2, -0.15) is 0 Å². The largest absolute Gasteiger partial charge is 0.332 e. The third kappa shape index (κ3) is 6.37. The van der Waals surface area contributed by atoms with Crippen molar-refractivity contribution in [3.8, 4) is 33.8 Å². The summed E-state index contributed by atoms with van der Waals surface area (Å²) in [7, 11) is 0. The molecule has 186 valence electrons. The van der Waals surface area contributed by atoms with Crippen molar-refractivity contribution < 1.29 is 4.79 Å². The third-order valence-electron chi connectivity index (χ3n) is 5.78. The second kappa shape index (κ2) is 11.6. The fraction of sp³-hybridized carbons (Fsp3) is 0.167. The molecule has 0 saturated carbocycles. The first-order valence-electron chi connectivity index (χ1n) is 12.2. The molecule has 3 aromatic carbocycles. The van der Waals surface area contributed by atoms with Crippen LogP contribution in [0.3, 0.4) is 0 Å². The summed E-state index contributed by atoms with van der Waals surface area (Å²) in [5.41, 5.74) is 7.14.